The number of methoxy groups -OCH3 is 1. The molecule has 0 radical (unpaired) electrons. The summed E-state index contributed by atoms with van der Waals surface area (Å²) in [5.74, 6) is -1.26. The van der Waals surface area contributed by atoms with Crippen LogP contribution in [-0.4, -0.2) is 28.7 Å². The van der Waals surface area contributed by atoms with Crippen molar-refractivity contribution in [3.63, 3.8) is 0 Å². The van der Waals surface area contributed by atoms with Crippen LogP contribution in [0.1, 0.15) is 5.56 Å². The summed E-state index contributed by atoms with van der Waals surface area (Å²) in [6.45, 7) is 0.203. The number of nitrogens with zero attached hydrogens (tertiary/aromatic N) is 2. The van der Waals surface area contributed by atoms with Gasteiger partial charge in [-0.1, -0.05) is 12.1 Å². The summed E-state index contributed by atoms with van der Waals surface area (Å²) in [6, 6.07) is 8.40. The molecule has 0 amide bonds. The Bertz CT molecular complexity index is 1070. The van der Waals surface area contributed by atoms with Gasteiger partial charge in [-0.2, -0.15) is 0 Å². The zero-order chi connectivity index (χ0) is 21.7. The van der Waals surface area contributed by atoms with E-state index in [0.29, 0.717) is 16.4 Å². The lowest BCUT2D eigenvalue weighted by molar-refractivity contribution is -0.384. The molecule has 0 saturated carbocycles. The van der Waals surface area contributed by atoms with Gasteiger partial charge in [0, 0.05) is 47.3 Å². The maximum absolute atomic E-state index is 14.0. The highest BCUT2D eigenvalue weighted by Gasteiger charge is 2.13. The Morgan fingerprint density at radius 3 is 2.70 bits per heavy atom. The molecule has 0 spiro atoms. The van der Waals surface area contributed by atoms with E-state index >= 15 is 0 Å². The van der Waals surface area contributed by atoms with E-state index in [2.05, 4.69) is 15.6 Å². The van der Waals surface area contributed by atoms with Crippen LogP contribution in [0.4, 0.5) is 19.6 Å². The number of rotatable bonds is 7. The lowest BCUT2D eigenvalue weighted by atomic mass is 10.1. The second kappa shape index (κ2) is 9.55. The maximum atomic E-state index is 14.0. The standard InChI is InChI=1S/C19H16F2N4O3S2/c1-28-13-8-15(20)14(16(21)9-13)5-6-22-18(29)24-19-23-17(10-30-19)11-3-2-4-12(7-11)25(26)27/h2-4,7-10H,5-6H2,1H3,(H2,22,23,24,29). The molecule has 0 aliphatic rings. The molecule has 1 aromatic heterocycles. The largest absolute Gasteiger partial charge is 0.497 e. The van der Waals surface area contributed by atoms with Crippen LogP contribution in [0.5, 0.6) is 5.75 Å². The van der Waals surface area contributed by atoms with Crippen LogP contribution in [0.3, 0.4) is 0 Å². The third-order valence-electron chi connectivity index (χ3n) is 4.09. The number of hydrogen-bond donors (Lipinski definition) is 2. The second-order valence-corrected chi connectivity index (χ2v) is 7.31. The number of hydrogen-bond acceptors (Lipinski definition) is 6. The first kappa shape index (κ1) is 21.5. The molecule has 30 heavy (non-hydrogen) atoms. The first-order valence-corrected chi connectivity index (χ1v) is 9.93. The van der Waals surface area contributed by atoms with Gasteiger partial charge >= 0.3 is 0 Å². The molecule has 3 rings (SSSR count). The molecule has 7 nitrogen and oxygen atoms in total. The lowest BCUT2D eigenvalue weighted by Crippen LogP contribution is -2.30. The van der Waals surface area contributed by atoms with Crippen LogP contribution in [0.15, 0.2) is 41.8 Å². The Morgan fingerprint density at radius 2 is 2.03 bits per heavy atom. The molecular formula is C19H16F2N4O3S2. The molecule has 0 aliphatic heterocycles. The summed E-state index contributed by atoms with van der Waals surface area (Å²) in [7, 11) is 1.34. The van der Waals surface area contributed by atoms with E-state index in [1.54, 1.807) is 17.5 Å². The summed E-state index contributed by atoms with van der Waals surface area (Å²) in [5.41, 5.74) is 1.09. The predicted molar refractivity (Wildman–Crippen MR) is 115 cm³/mol. The van der Waals surface area contributed by atoms with E-state index in [9.17, 15) is 18.9 Å². The van der Waals surface area contributed by atoms with Crippen LogP contribution in [0, 0.1) is 21.7 Å². The molecule has 0 aliphatic carbocycles. The number of nitrogens with one attached hydrogen (secondary N) is 2. The third kappa shape index (κ3) is 5.24. The van der Waals surface area contributed by atoms with Crippen molar-refractivity contribution in [2.75, 3.05) is 19.0 Å². The molecule has 2 N–H and O–H groups in total. The summed E-state index contributed by atoms with van der Waals surface area (Å²) < 4.78 is 32.8. The van der Waals surface area contributed by atoms with Crippen LogP contribution < -0.4 is 15.4 Å². The van der Waals surface area contributed by atoms with Gasteiger partial charge in [0.15, 0.2) is 10.2 Å². The van der Waals surface area contributed by atoms with Gasteiger partial charge in [-0.25, -0.2) is 13.8 Å². The number of benzene rings is 2. The van der Waals surface area contributed by atoms with Gasteiger partial charge in [-0.05, 0) is 18.6 Å². The van der Waals surface area contributed by atoms with Crippen molar-refractivity contribution in [3.05, 3.63) is 69.1 Å². The van der Waals surface area contributed by atoms with Crippen molar-refractivity contribution in [1.82, 2.24) is 10.3 Å². The van der Waals surface area contributed by atoms with Gasteiger partial charge in [0.1, 0.15) is 17.4 Å². The normalized spacial score (nSPS) is 10.5. The fourth-order valence-electron chi connectivity index (χ4n) is 2.62. The van der Waals surface area contributed by atoms with Crippen molar-refractivity contribution in [1.29, 1.82) is 0 Å². The Kier molecular flexibility index (Phi) is 6.85. The van der Waals surface area contributed by atoms with E-state index in [1.165, 1.54) is 30.6 Å². The first-order chi connectivity index (χ1) is 14.4. The number of thiazole rings is 1. The summed E-state index contributed by atoms with van der Waals surface area (Å²) >= 11 is 6.46. The van der Waals surface area contributed by atoms with Gasteiger partial charge in [0.05, 0.1) is 17.7 Å². The van der Waals surface area contributed by atoms with E-state index in [1.807, 2.05) is 0 Å². The number of halogens is 2. The van der Waals surface area contributed by atoms with Crippen LogP contribution >= 0.6 is 23.6 Å². The Hall–Kier alpha value is -3.18. The summed E-state index contributed by atoms with van der Waals surface area (Å²) in [4.78, 5) is 14.8. The monoisotopic (exact) mass is 450 g/mol. The molecule has 3 aromatic rings. The van der Waals surface area contributed by atoms with Gasteiger partial charge in [-0.3, -0.25) is 10.1 Å². The zero-order valence-electron chi connectivity index (χ0n) is 15.6. The van der Waals surface area contributed by atoms with E-state index in [4.69, 9.17) is 17.0 Å². The molecule has 0 saturated heterocycles. The number of thiocarbonyl (C=S) groups is 1. The van der Waals surface area contributed by atoms with E-state index in [0.717, 1.165) is 12.1 Å². The predicted octanol–water partition coefficient (Wildman–Crippen LogP) is 4.53. The number of nitro groups is 1. The Morgan fingerprint density at radius 1 is 1.30 bits per heavy atom. The smallest absolute Gasteiger partial charge is 0.270 e. The minimum Gasteiger partial charge on any atom is -0.497 e. The van der Waals surface area contributed by atoms with Gasteiger partial charge in [0.25, 0.3) is 5.69 Å². The highest BCUT2D eigenvalue weighted by Crippen LogP contribution is 2.27. The summed E-state index contributed by atoms with van der Waals surface area (Å²) in [6.07, 6.45) is 0.0836. The van der Waals surface area contributed by atoms with Crippen molar-refractivity contribution >= 4 is 39.5 Å². The molecule has 156 valence electrons. The Balaban J connectivity index is 1.56. The van der Waals surface area contributed by atoms with Gasteiger partial charge in [-0.15, -0.1) is 11.3 Å². The first-order valence-electron chi connectivity index (χ1n) is 8.64. The summed E-state index contributed by atoms with van der Waals surface area (Å²) in [5, 5.41) is 19.1. The maximum Gasteiger partial charge on any atom is 0.270 e. The SMILES string of the molecule is COc1cc(F)c(CCNC(=S)Nc2nc(-c3cccc([N+](=O)[O-])c3)cs2)c(F)c1. The van der Waals surface area contributed by atoms with Crippen LogP contribution in [-0.2, 0) is 6.42 Å². The molecule has 0 atom stereocenters. The molecule has 11 heteroatoms. The third-order valence-corrected chi connectivity index (χ3v) is 5.09. The van der Waals surface area contributed by atoms with Crippen molar-refractivity contribution in [2.45, 2.75) is 6.42 Å². The second-order valence-electron chi connectivity index (χ2n) is 6.05. The highest BCUT2D eigenvalue weighted by molar-refractivity contribution is 7.80. The number of ether oxygens (including phenoxy) is 1. The van der Waals surface area contributed by atoms with Gasteiger partial charge < -0.3 is 15.4 Å². The molecule has 0 fully saturated rings. The van der Waals surface area contributed by atoms with Gasteiger partial charge in [0.2, 0.25) is 0 Å². The van der Waals surface area contributed by atoms with E-state index in [-0.39, 0.29) is 35.1 Å². The number of aromatic nitrogens is 1. The topological polar surface area (TPSA) is 89.3 Å². The highest BCUT2D eigenvalue weighted by atomic mass is 32.1. The average molecular weight is 450 g/mol. The fourth-order valence-corrected chi connectivity index (χ4v) is 3.61. The lowest BCUT2D eigenvalue weighted by Gasteiger charge is -2.10. The minimum atomic E-state index is -0.686. The van der Waals surface area contributed by atoms with Crippen LogP contribution in [0.25, 0.3) is 11.3 Å². The average Bonchev–Trinajstić information content (AvgIpc) is 3.18. The Labute approximate surface area is 179 Å². The fraction of sp³-hybridized carbons (Fsp3) is 0.158. The zero-order valence-corrected chi connectivity index (χ0v) is 17.3. The van der Waals surface area contributed by atoms with Crippen molar-refractivity contribution < 1.29 is 18.4 Å². The van der Waals surface area contributed by atoms with Crippen molar-refractivity contribution in [3.8, 4) is 17.0 Å². The molecule has 0 bridgehead atoms. The number of anilines is 1. The van der Waals surface area contributed by atoms with Crippen molar-refractivity contribution in [2.24, 2.45) is 0 Å². The quantitative estimate of drug-likeness (QED) is 0.310. The number of nitro benzene ring substituents is 1. The van der Waals surface area contributed by atoms with E-state index < -0.39 is 16.6 Å². The molecular weight excluding hydrogens is 434 g/mol. The molecule has 2 aromatic carbocycles. The minimum absolute atomic E-state index is 0.0230. The molecule has 0 unspecified atom stereocenters. The van der Waals surface area contributed by atoms with Crippen LogP contribution in [0.2, 0.25) is 0 Å². The molecule has 1 heterocycles. The number of non-ortho nitro benzene ring substituents is 1.